The monoisotopic (exact) mass is 282 g/mol. The van der Waals surface area contributed by atoms with Crippen molar-refractivity contribution in [3.05, 3.63) is 44.9 Å². The lowest BCUT2D eigenvalue weighted by Crippen LogP contribution is -2.06. The lowest BCUT2D eigenvalue weighted by atomic mass is 10.2. The lowest BCUT2D eigenvalue weighted by molar-refractivity contribution is 0.0472. The summed E-state index contributed by atoms with van der Waals surface area (Å²) >= 11 is 7.38. The molecule has 4 nitrogen and oxygen atoms in total. The van der Waals surface area contributed by atoms with Crippen LogP contribution in [-0.2, 0) is 11.3 Å². The highest BCUT2D eigenvalue weighted by atomic mass is 35.5. The minimum absolute atomic E-state index is 0.141. The number of hydrogen-bond acceptors (Lipinski definition) is 5. The first kappa shape index (κ1) is 12.9. The zero-order valence-electron chi connectivity index (χ0n) is 9.64. The topological polar surface area (TPSA) is 65.2 Å². The molecule has 0 amide bonds. The number of nitrogens with zero attached hydrogens (tertiary/aromatic N) is 1. The number of thiazole rings is 1. The highest BCUT2D eigenvalue weighted by Gasteiger charge is 2.14. The van der Waals surface area contributed by atoms with Crippen molar-refractivity contribution in [1.29, 1.82) is 0 Å². The number of halogens is 1. The van der Waals surface area contributed by atoms with Gasteiger partial charge in [-0.1, -0.05) is 17.7 Å². The first-order valence-electron chi connectivity index (χ1n) is 5.20. The summed E-state index contributed by atoms with van der Waals surface area (Å²) in [5.41, 5.74) is 7.16. The molecule has 0 aliphatic carbocycles. The fraction of sp³-hybridized carbons (Fsp3) is 0.167. The molecule has 2 aromatic rings. The van der Waals surface area contributed by atoms with E-state index in [0.29, 0.717) is 5.69 Å². The molecule has 0 saturated heterocycles. The van der Waals surface area contributed by atoms with Gasteiger partial charge in [0.1, 0.15) is 11.6 Å². The van der Waals surface area contributed by atoms with Crippen molar-refractivity contribution >= 4 is 34.6 Å². The van der Waals surface area contributed by atoms with Crippen molar-refractivity contribution < 1.29 is 9.53 Å². The number of nitrogen functional groups attached to an aromatic ring is 1. The van der Waals surface area contributed by atoms with E-state index in [0.717, 1.165) is 10.7 Å². The molecule has 2 N–H and O–H groups in total. The molecule has 0 aliphatic heterocycles. The summed E-state index contributed by atoms with van der Waals surface area (Å²) < 4.78 is 5.13. The molecule has 0 fully saturated rings. The van der Waals surface area contributed by atoms with E-state index in [1.807, 2.05) is 12.3 Å². The number of hydrogen-bond donors (Lipinski definition) is 1. The summed E-state index contributed by atoms with van der Waals surface area (Å²) in [6.45, 7) is 2.03. The normalized spacial score (nSPS) is 10.3. The largest absolute Gasteiger partial charge is 0.455 e. The number of ether oxygens (including phenoxy) is 1. The summed E-state index contributed by atoms with van der Waals surface area (Å²) in [5, 5.41) is 2.87. The fourth-order valence-electron chi connectivity index (χ4n) is 1.38. The van der Waals surface area contributed by atoms with Crippen LogP contribution in [0.2, 0.25) is 5.02 Å². The van der Waals surface area contributed by atoms with Crippen LogP contribution in [0.1, 0.15) is 21.1 Å². The van der Waals surface area contributed by atoms with Gasteiger partial charge in [0.25, 0.3) is 0 Å². The van der Waals surface area contributed by atoms with Crippen molar-refractivity contribution in [3.8, 4) is 0 Å². The van der Waals surface area contributed by atoms with E-state index in [1.54, 1.807) is 18.2 Å². The molecule has 0 bridgehead atoms. The molecule has 0 unspecified atom stereocenters. The third kappa shape index (κ3) is 2.80. The van der Waals surface area contributed by atoms with Gasteiger partial charge in [0.15, 0.2) is 0 Å². The molecule has 6 heteroatoms. The Morgan fingerprint density at radius 1 is 1.56 bits per heavy atom. The molecule has 1 aromatic heterocycles. The van der Waals surface area contributed by atoms with E-state index in [4.69, 9.17) is 22.1 Å². The van der Waals surface area contributed by atoms with Gasteiger partial charge < -0.3 is 10.5 Å². The molecule has 0 aliphatic rings. The van der Waals surface area contributed by atoms with Gasteiger partial charge in [-0.3, -0.25) is 0 Å². The molecular formula is C12H11ClN2O2S. The van der Waals surface area contributed by atoms with Gasteiger partial charge in [0.2, 0.25) is 0 Å². The van der Waals surface area contributed by atoms with E-state index in [-0.39, 0.29) is 17.2 Å². The van der Waals surface area contributed by atoms with Crippen LogP contribution >= 0.6 is 22.9 Å². The average molecular weight is 283 g/mol. The van der Waals surface area contributed by atoms with Crippen molar-refractivity contribution in [1.82, 2.24) is 4.98 Å². The van der Waals surface area contributed by atoms with Crippen LogP contribution in [-0.4, -0.2) is 11.0 Å². The predicted octanol–water partition coefficient (Wildman–Crippen LogP) is 3.04. The van der Waals surface area contributed by atoms with Gasteiger partial charge in [-0.2, -0.15) is 0 Å². The highest BCUT2D eigenvalue weighted by Crippen LogP contribution is 2.24. The first-order chi connectivity index (χ1) is 8.58. The number of rotatable bonds is 3. The Hall–Kier alpha value is -1.59. The van der Waals surface area contributed by atoms with Gasteiger partial charge in [-0.05, 0) is 19.1 Å². The molecule has 94 valence electrons. The molecule has 0 saturated carbocycles. The summed E-state index contributed by atoms with van der Waals surface area (Å²) in [7, 11) is 0. The maximum Gasteiger partial charge on any atom is 0.340 e. The van der Waals surface area contributed by atoms with E-state index in [9.17, 15) is 4.79 Å². The minimum atomic E-state index is -0.500. The summed E-state index contributed by atoms with van der Waals surface area (Å²) in [4.78, 5) is 16.0. The SMILES string of the molecule is Cc1csc(COC(=O)c2cccc(N)c2Cl)n1. The molecule has 1 heterocycles. The van der Waals surface area contributed by atoms with Crippen LogP contribution in [0.15, 0.2) is 23.6 Å². The minimum Gasteiger partial charge on any atom is -0.455 e. The zero-order valence-corrected chi connectivity index (χ0v) is 11.2. The second kappa shape index (κ2) is 5.37. The molecule has 18 heavy (non-hydrogen) atoms. The van der Waals surface area contributed by atoms with Crippen molar-refractivity contribution in [2.75, 3.05) is 5.73 Å². The first-order valence-corrected chi connectivity index (χ1v) is 6.46. The van der Waals surface area contributed by atoms with Crippen LogP contribution < -0.4 is 5.73 Å². The standard InChI is InChI=1S/C12H11ClN2O2S/c1-7-6-18-10(15-7)5-17-12(16)8-3-2-4-9(14)11(8)13/h2-4,6H,5,14H2,1H3. The third-order valence-electron chi connectivity index (χ3n) is 2.24. The fourth-order valence-corrected chi connectivity index (χ4v) is 2.27. The second-order valence-corrected chi connectivity index (χ2v) is 4.99. The lowest BCUT2D eigenvalue weighted by Gasteiger charge is -2.06. The predicted molar refractivity (Wildman–Crippen MR) is 71.8 cm³/mol. The number of esters is 1. The van der Waals surface area contributed by atoms with Crippen molar-refractivity contribution in [2.45, 2.75) is 13.5 Å². The zero-order chi connectivity index (χ0) is 13.1. The highest BCUT2D eigenvalue weighted by molar-refractivity contribution is 7.09. The Morgan fingerprint density at radius 3 is 3.00 bits per heavy atom. The number of anilines is 1. The third-order valence-corrected chi connectivity index (χ3v) is 3.60. The molecule has 2 rings (SSSR count). The number of aromatic nitrogens is 1. The maximum atomic E-state index is 11.8. The Balaban J connectivity index is 2.06. The Labute approximate surface area is 113 Å². The number of carbonyl (C=O) groups is 1. The Kier molecular flexibility index (Phi) is 3.84. The molecule has 0 spiro atoms. The van der Waals surface area contributed by atoms with Crippen LogP contribution in [0.5, 0.6) is 0 Å². The summed E-state index contributed by atoms with van der Waals surface area (Å²) in [6, 6.07) is 4.86. The molecular weight excluding hydrogens is 272 g/mol. The van der Waals surface area contributed by atoms with Gasteiger partial charge in [0.05, 0.1) is 16.3 Å². The van der Waals surface area contributed by atoms with Gasteiger partial charge >= 0.3 is 5.97 Å². The smallest absolute Gasteiger partial charge is 0.340 e. The van der Waals surface area contributed by atoms with Gasteiger partial charge in [-0.15, -0.1) is 11.3 Å². The van der Waals surface area contributed by atoms with E-state index >= 15 is 0 Å². The van der Waals surface area contributed by atoms with Gasteiger partial charge in [-0.25, -0.2) is 9.78 Å². The molecule has 1 aromatic carbocycles. The quantitative estimate of drug-likeness (QED) is 0.694. The van der Waals surface area contributed by atoms with E-state index < -0.39 is 5.97 Å². The average Bonchev–Trinajstić information content (AvgIpc) is 2.76. The summed E-state index contributed by atoms with van der Waals surface area (Å²) in [5.74, 6) is -0.500. The Morgan fingerprint density at radius 2 is 2.33 bits per heavy atom. The van der Waals surface area contributed by atoms with Crippen molar-refractivity contribution in [2.24, 2.45) is 0 Å². The number of benzene rings is 1. The molecule has 0 radical (unpaired) electrons. The van der Waals surface area contributed by atoms with Crippen LogP contribution in [0, 0.1) is 6.92 Å². The number of aryl methyl sites for hydroxylation is 1. The van der Waals surface area contributed by atoms with E-state index in [1.165, 1.54) is 11.3 Å². The number of nitrogens with two attached hydrogens (primary N) is 1. The van der Waals surface area contributed by atoms with Crippen LogP contribution in [0.3, 0.4) is 0 Å². The van der Waals surface area contributed by atoms with Crippen LogP contribution in [0.25, 0.3) is 0 Å². The van der Waals surface area contributed by atoms with Gasteiger partial charge in [0, 0.05) is 11.1 Å². The Bertz CT molecular complexity index is 583. The summed E-state index contributed by atoms with van der Waals surface area (Å²) in [6.07, 6.45) is 0. The maximum absolute atomic E-state index is 11.8. The van der Waals surface area contributed by atoms with Crippen molar-refractivity contribution in [3.63, 3.8) is 0 Å². The number of carbonyl (C=O) groups excluding carboxylic acids is 1. The van der Waals surface area contributed by atoms with E-state index in [2.05, 4.69) is 4.98 Å². The van der Waals surface area contributed by atoms with Crippen LogP contribution in [0.4, 0.5) is 5.69 Å². The second-order valence-electron chi connectivity index (χ2n) is 3.67. The molecule has 0 atom stereocenters.